The molecule has 1 N–H and O–H groups in total. The summed E-state index contributed by atoms with van der Waals surface area (Å²) >= 11 is 3.15. The molecule has 108 valence electrons. The van der Waals surface area contributed by atoms with Crippen LogP contribution in [0.4, 0.5) is 0 Å². The Morgan fingerprint density at radius 1 is 1.00 bits per heavy atom. The van der Waals surface area contributed by atoms with Crippen LogP contribution in [0.15, 0.2) is 0 Å². The summed E-state index contributed by atoms with van der Waals surface area (Å²) < 4.78 is 16.6. The highest BCUT2D eigenvalue weighted by molar-refractivity contribution is 9.09. The molecule has 2 aliphatic heterocycles. The Bertz CT molecular complexity index is 162. The van der Waals surface area contributed by atoms with Gasteiger partial charge < -0.3 is 19.3 Å². The van der Waals surface area contributed by atoms with Crippen LogP contribution in [0.3, 0.4) is 0 Å². The molecular weight excluding hydrogens is 300 g/mol. The van der Waals surface area contributed by atoms with E-state index in [0.29, 0.717) is 6.61 Å². The molecule has 0 radical (unpaired) electrons. The van der Waals surface area contributed by atoms with Gasteiger partial charge in [0, 0.05) is 25.2 Å². The molecule has 2 atom stereocenters. The first kappa shape index (κ1) is 16.4. The van der Waals surface area contributed by atoms with Crippen molar-refractivity contribution < 1.29 is 19.3 Å². The van der Waals surface area contributed by atoms with Gasteiger partial charge in [-0.3, -0.25) is 0 Å². The molecule has 0 aromatic carbocycles. The molecule has 0 bridgehead atoms. The highest BCUT2D eigenvalue weighted by Crippen LogP contribution is 2.20. The largest absolute Gasteiger partial charge is 0.396 e. The highest BCUT2D eigenvalue weighted by Gasteiger charge is 2.21. The summed E-state index contributed by atoms with van der Waals surface area (Å²) in [6.45, 7) is 1.99. The minimum Gasteiger partial charge on any atom is -0.396 e. The van der Waals surface area contributed by atoms with Crippen LogP contribution < -0.4 is 0 Å². The lowest BCUT2D eigenvalue weighted by atomic mass is 10.2. The van der Waals surface area contributed by atoms with E-state index in [4.69, 9.17) is 19.3 Å². The molecule has 2 unspecified atom stereocenters. The Labute approximate surface area is 118 Å². The number of hydrogen-bond acceptors (Lipinski definition) is 4. The van der Waals surface area contributed by atoms with Gasteiger partial charge in [-0.05, 0) is 44.9 Å². The average Bonchev–Trinajstić information content (AvgIpc) is 2.43. The van der Waals surface area contributed by atoms with Crippen LogP contribution in [-0.2, 0) is 14.2 Å². The van der Waals surface area contributed by atoms with Crippen LogP contribution >= 0.6 is 15.9 Å². The Morgan fingerprint density at radius 2 is 1.56 bits per heavy atom. The fourth-order valence-corrected chi connectivity index (χ4v) is 2.12. The maximum atomic E-state index is 8.04. The lowest BCUT2D eigenvalue weighted by Crippen LogP contribution is -2.31. The van der Waals surface area contributed by atoms with Gasteiger partial charge in [0.15, 0.2) is 12.6 Å². The second-order valence-electron chi connectivity index (χ2n) is 4.49. The van der Waals surface area contributed by atoms with E-state index in [0.717, 1.165) is 37.8 Å². The van der Waals surface area contributed by atoms with Crippen molar-refractivity contribution in [3.63, 3.8) is 0 Å². The monoisotopic (exact) mass is 324 g/mol. The third-order valence-electron chi connectivity index (χ3n) is 2.87. The van der Waals surface area contributed by atoms with E-state index < -0.39 is 0 Å². The van der Waals surface area contributed by atoms with Gasteiger partial charge in [-0.1, -0.05) is 15.9 Å². The van der Waals surface area contributed by atoms with Gasteiger partial charge in [0.05, 0.1) is 0 Å². The molecule has 0 aromatic heterocycles. The second-order valence-corrected chi connectivity index (χ2v) is 5.29. The average molecular weight is 325 g/mol. The summed E-state index contributed by atoms with van der Waals surface area (Å²) in [4.78, 5) is 0. The Hall–Kier alpha value is 0.320. The van der Waals surface area contributed by atoms with E-state index in [1.54, 1.807) is 0 Å². The van der Waals surface area contributed by atoms with E-state index in [-0.39, 0.29) is 12.6 Å². The molecule has 0 amide bonds. The van der Waals surface area contributed by atoms with Crippen molar-refractivity contribution in [1.82, 2.24) is 0 Å². The number of hydrogen-bond donors (Lipinski definition) is 1. The summed E-state index contributed by atoms with van der Waals surface area (Å²) in [6.07, 6.45) is 7.69. The van der Waals surface area contributed by atoms with E-state index in [1.807, 2.05) is 0 Å². The van der Waals surface area contributed by atoms with Crippen LogP contribution in [0, 0.1) is 0 Å². The topological polar surface area (TPSA) is 47.9 Å². The lowest BCUT2D eigenvalue weighted by molar-refractivity contribution is -0.264. The van der Waals surface area contributed by atoms with Crippen molar-refractivity contribution in [1.29, 1.82) is 0 Å². The zero-order chi connectivity index (χ0) is 13.1. The van der Waals surface area contributed by atoms with Gasteiger partial charge in [0.1, 0.15) is 0 Å². The molecule has 0 aliphatic carbocycles. The van der Waals surface area contributed by atoms with Crippen molar-refractivity contribution in [2.24, 2.45) is 0 Å². The van der Waals surface area contributed by atoms with Gasteiger partial charge >= 0.3 is 0 Å². The van der Waals surface area contributed by atoms with E-state index in [2.05, 4.69) is 15.9 Å². The van der Waals surface area contributed by atoms with Gasteiger partial charge in [0.25, 0.3) is 0 Å². The zero-order valence-corrected chi connectivity index (χ0v) is 12.6. The standard InChI is InChI=1S/C10H18O3.C3H7BrO/c1-3-7-11-9(5-1)13-10-6-2-4-8-12-10;4-2-1-3-5/h9-10H,1-8H2;5H,1-3H2. The third kappa shape index (κ3) is 7.69. The number of ether oxygens (including phenoxy) is 3. The number of rotatable bonds is 4. The van der Waals surface area contributed by atoms with Gasteiger partial charge in [-0.25, -0.2) is 0 Å². The zero-order valence-electron chi connectivity index (χ0n) is 11.0. The van der Waals surface area contributed by atoms with Crippen molar-refractivity contribution in [2.45, 2.75) is 57.5 Å². The highest BCUT2D eigenvalue weighted by atomic mass is 79.9. The summed E-state index contributed by atoms with van der Waals surface area (Å²) in [6, 6.07) is 0. The molecule has 4 nitrogen and oxygen atoms in total. The first-order valence-electron chi connectivity index (χ1n) is 6.92. The minimum atomic E-state index is -0.00292. The van der Waals surface area contributed by atoms with Crippen LogP contribution in [0.5, 0.6) is 0 Å². The van der Waals surface area contributed by atoms with Crippen molar-refractivity contribution >= 4 is 15.9 Å². The number of aliphatic hydroxyl groups excluding tert-OH is 1. The summed E-state index contributed by atoms with van der Waals surface area (Å²) in [5.41, 5.74) is 0. The van der Waals surface area contributed by atoms with Crippen LogP contribution in [-0.4, -0.2) is 42.8 Å². The molecule has 5 heteroatoms. The van der Waals surface area contributed by atoms with Gasteiger partial charge in [-0.2, -0.15) is 0 Å². The quantitative estimate of drug-likeness (QED) is 0.808. The molecule has 2 saturated heterocycles. The molecule has 2 aliphatic rings. The summed E-state index contributed by atoms with van der Waals surface area (Å²) in [5, 5.41) is 8.94. The third-order valence-corrected chi connectivity index (χ3v) is 3.43. The van der Waals surface area contributed by atoms with Crippen LogP contribution in [0.25, 0.3) is 0 Å². The van der Waals surface area contributed by atoms with E-state index in [1.165, 1.54) is 25.7 Å². The van der Waals surface area contributed by atoms with Crippen LogP contribution in [0.2, 0.25) is 0 Å². The fraction of sp³-hybridized carbons (Fsp3) is 1.00. The number of aliphatic hydroxyl groups is 1. The van der Waals surface area contributed by atoms with E-state index >= 15 is 0 Å². The van der Waals surface area contributed by atoms with Gasteiger partial charge in [0.2, 0.25) is 0 Å². The Morgan fingerprint density at radius 3 is 1.83 bits per heavy atom. The first-order valence-corrected chi connectivity index (χ1v) is 8.04. The predicted octanol–water partition coefficient (Wildman–Crippen LogP) is 2.82. The molecule has 0 saturated carbocycles. The summed E-state index contributed by atoms with van der Waals surface area (Å²) in [7, 11) is 0. The molecule has 2 heterocycles. The SMILES string of the molecule is C1CCC(OC2CCCCO2)OC1.OCCCBr. The smallest absolute Gasteiger partial charge is 0.160 e. The van der Waals surface area contributed by atoms with Crippen LogP contribution in [0.1, 0.15) is 44.9 Å². The fourth-order valence-electron chi connectivity index (χ4n) is 1.87. The Balaban J connectivity index is 0.000000280. The molecular formula is C13H25BrO4. The van der Waals surface area contributed by atoms with Gasteiger partial charge in [-0.15, -0.1) is 0 Å². The number of halogens is 1. The molecule has 0 aromatic rings. The lowest BCUT2D eigenvalue weighted by Gasteiger charge is -2.29. The molecule has 18 heavy (non-hydrogen) atoms. The Kier molecular flexibility index (Phi) is 10.2. The molecule has 2 fully saturated rings. The molecule has 2 rings (SSSR count). The van der Waals surface area contributed by atoms with Crippen molar-refractivity contribution in [3.8, 4) is 0 Å². The normalized spacial score (nSPS) is 28.3. The number of alkyl halides is 1. The van der Waals surface area contributed by atoms with E-state index in [9.17, 15) is 0 Å². The molecule has 0 spiro atoms. The first-order chi connectivity index (χ1) is 8.86. The maximum Gasteiger partial charge on any atom is 0.160 e. The van der Waals surface area contributed by atoms with Crippen molar-refractivity contribution in [2.75, 3.05) is 25.2 Å². The van der Waals surface area contributed by atoms with Crippen molar-refractivity contribution in [3.05, 3.63) is 0 Å². The summed E-state index contributed by atoms with van der Waals surface area (Å²) in [5.74, 6) is 0. The minimum absolute atomic E-state index is 0.00292. The second kappa shape index (κ2) is 11.2. The maximum absolute atomic E-state index is 8.04. The predicted molar refractivity (Wildman–Crippen MR) is 73.8 cm³/mol.